The molecule has 1 aliphatic heterocycles. The standard InChI is InChI=1S/C16H21N5O3/c22-14(9-11-10-17-7-8-24-11)18-5-6-19-16(23)15-12-3-1-2-4-13(12)20-21-15/h1-4,11,17H,5-10H2,(H,18,22)(H,19,23)(H,20,21). The van der Waals surface area contributed by atoms with Gasteiger partial charge in [0, 0.05) is 31.6 Å². The Morgan fingerprint density at radius 2 is 2.08 bits per heavy atom. The average Bonchev–Trinajstić information content (AvgIpc) is 3.03. The van der Waals surface area contributed by atoms with Crippen LogP contribution in [-0.4, -0.2) is 60.9 Å². The summed E-state index contributed by atoms with van der Waals surface area (Å²) < 4.78 is 5.48. The number of nitrogens with zero attached hydrogens (tertiary/aromatic N) is 1. The number of benzene rings is 1. The van der Waals surface area contributed by atoms with E-state index in [2.05, 4.69) is 26.1 Å². The summed E-state index contributed by atoms with van der Waals surface area (Å²) in [6.45, 7) is 2.86. The first kappa shape index (κ1) is 16.4. The maximum Gasteiger partial charge on any atom is 0.272 e. The molecule has 2 aromatic rings. The van der Waals surface area contributed by atoms with E-state index in [0.29, 0.717) is 38.4 Å². The number of hydrogen-bond acceptors (Lipinski definition) is 5. The molecule has 1 saturated heterocycles. The summed E-state index contributed by atoms with van der Waals surface area (Å²) in [7, 11) is 0. The first-order valence-electron chi connectivity index (χ1n) is 8.04. The number of aromatic nitrogens is 2. The van der Waals surface area contributed by atoms with E-state index >= 15 is 0 Å². The normalized spacial score (nSPS) is 17.6. The zero-order valence-corrected chi connectivity index (χ0v) is 13.3. The highest BCUT2D eigenvalue weighted by Gasteiger charge is 2.17. The molecule has 3 rings (SSSR count). The molecule has 8 heteroatoms. The van der Waals surface area contributed by atoms with Crippen molar-refractivity contribution in [2.45, 2.75) is 12.5 Å². The van der Waals surface area contributed by atoms with E-state index in [0.717, 1.165) is 17.4 Å². The molecule has 24 heavy (non-hydrogen) atoms. The molecule has 0 aliphatic carbocycles. The number of carbonyl (C=O) groups is 2. The highest BCUT2D eigenvalue weighted by atomic mass is 16.5. The van der Waals surface area contributed by atoms with Crippen molar-refractivity contribution in [3.8, 4) is 0 Å². The number of carbonyl (C=O) groups excluding carboxylic acids is 2. The van der Waals surface area contributed by atoms with Crippen LogP contribution in [0.1, 0.15) is 16.9 Å². The molecule has 0 spiro atoms. The average molecular weight is 331 g/mol. The molecule has 4 N–H and O–H groups in total. The van der Waals surface area contributed by atoms with Crippen molar-refractivity contribution in [1.29, 1.82) is 0 Å². The van der Waals surface area contributed by atoms with Gasteiger partial charge >= 0.3 is 0 Å². The SMILES string of the molecule is O=C(CC1CNCCO1)NCCNC(=O)c1n[nH]c2ccccc12. The second-order valence-electron chi connectivity index (χ2n) is 5.62. The predicted octanol–water partition coefficient (Wildman–Crippen LogP) is -0.213. The minimum atomic E-state index is -0.262. The Morgan fingerprint density at radius 1 is 1.25 bits per heavy atom. The Bertz CT molecular complexity index is 709. The lowest BCUT2D eigenvalue weighted by Crippen LogP contribution is -2.42. The molecule has 1 aromatic heterocycles. The molecular formula is C16H21N5O3. The third kappa shape index (κ3) is 4.09. The summed E-state index contributed by atoms with van der Waals surface area (Å²) in [4.78, 5) is 24.0. The van der Waals surface area contributed by atoms with Crippen LogP contribution in [0, 0.1) is 0 Å². The zero-order chi connectivity index (χ0) is 16.8. The molecule has 0 bridgehead atoms. The second-order valence-corrected chi connectivity index (χ2v) is 5.62. The minimum absolute atomic E-state index is 0.0799. The van der Waals surface area contributed by atoms with Crippen LogP contribution in [0.2, 0.25) is 0 Å². The maximum atomic E-state index is 12.1. The fraction of sp³-hybridized carbons (Fsp3) is 0.438. The second kappa shape index (κ2) is 7.89. The largest absolute Gasteiger partial charge is 0.375 e. The number of morpholine rings is 1. The fourth-order valence-corrected chi connectivity index (χ4v) is 2.63. The molecule has 128 valence electrons. The monoisotopic (exact) mass is 331 g/mol. The van der Waals surface area contributed by atoms with E-state index in [1.54, 1.807) is 0 Å². The van der Waals surface area contributed by atoms with E-state index in [1.165, 1.54) is 0 Å². The molecule has 2 amide bonds. The van der Waals surface area contributed by atoms with Crippen LogP contribution in [0.5, 0.6) is 0 Å². The van der Waals surface area contributed by atoms with Gasteiger partial charge in [-0.1, -0.05) is 18.2 Å². The Morgan fingerprint density at radius 3 is 2.92 bits per heavy atom. The van der Waals surface area contributed by atoms with Crippen LogP contribution in [0.15, 0.2) is 24.3 Å². The summed E-state index contributed by atoms with van der Waals surface area (Å²) in [6.07, 6.45) is 0.245. The highest BCUT2D eigenvalue weighted by molar-refractivity contribution is 6.04. The molecule has 8 nitrogen and oxygen atoms in total. The van der Waals surface area contributed by atoms with Gasteiger partial charge in [-0.2, -0.15) is 5.10 Å². The van der Waals surface area contributed by atoms with E-state index < -0.39 is 0 Å². The zero-order valence-electron chi connectivity index (χ0n) is 13.3. The Kier molecular flexibility index (Phi) is 5.39. The van der Waals surface area contributed by atoms with Gasteiger partial charge in [-0.05, 0) is 6.07 Å². The quantitative estimate of drug-likeness (QED) is 0.548. The molecule has 0 saturated carbocycles. The van der Waals surface area contributed by atoms with Crippen LogP contribution in [0.25, 0.3) is 10.9 Å². The van der Waals surface area contributed by atoms with Crippen molar-refractivity contribution >= 4 is 22.7 Å². The fourth-order valence-electron chi connectivity index (χ4n) is 2.63. The van der Waals surface area contributed by atoms with Crippen molar-refractivity contribution < 1.29 is 14.3 Å². The number of rotatable bonds is 6. The summed E-state index contributed by atoms with van der Waals surface area (Å²) >= 11 is 0. The smallest absolute Gasteiger partial charge is 0.272 e. The number of nitrogens with one attached hydrogen (secondary N) is 4. The van der Waals surface area contributed by atoms with Crippen molar-refractivity contribution in [2.24, 2.45) is 0 Å². The van der Waals surface area contributed by atoms with Gasteiger partial charge in [0.2, 0.25) is 5.91 Å². The van der Waals surface area contributed by atoms with Gasteiger partial charge in [0.15, 0.2) is 5.69 Å². The van der Waals surface area contributed by atoms with Crippen LogP contribution >= 0.6 is 0 Å². The van der Waals surface area contributed by atoms with E-state index in [1.807, 2.05) is 24.3 Å². The molecule has 1 aromatic carbocycles. The third-order valence-corrected chi connectivity index (χ3v) is 3.84. The number of amides is 2. The molecule has 2 heterocycles. The van der Waals surface area contributed by atoms with E-state index in [-0.39, 0.29) is 17.9 Å². The van der Waals surface area contributed by atoms with Crippen molar-refractivity contribution in [3.05, 3.63) is 30.0 Å². The van der Waals surface area contributed by atoms with Crippen LogP contribution in [0.4, 0.5) is 0 Å². The molecule has 1 aliphatic rings. The van der Waals surface area contributed by atoms with Crippen molar-refractivity contribution in [3.63, 3.8) is 0 Å². The lowest BCUT2D eigenvalue weighted by atomic mass is 10.2. The predicted molar refractivity (Wildman–Crippen MR) is 88.7 cm³/mol. The molecular weight excluding hydrogens is 310 g/mol. The van der Waals surface area contributed by atoms with Crippen LogP contribution in [0.3, 0.4) is 0 Å². The van der Waals surface area contributed by atoms with Crippen LogP contribution < -0.4 is 16.0 Å². The van der Waals surface area contributed by atoms with E-state index in [9.17, 15) is 9.59 Å². The van der Waals surface area contributed by atoms with Crippen molar-refractivity contribution in [2.75, 3.05) is 32.8 Å². The van der Waals surface area contributed by atoms with Gasteiger partial charge in [-0.25, -0.2) is 0 Å². The molecule has 0 radical (unpaired) electrons. The van der Waals surface area contributed by atoms with E-state index in [4.69, 9.17) is 4.74 Å². The topological polar surface area (TPSA) is 108 Å². The number of aromatic amines is 1. The summed E-state index contributed by atoms with van der Waals surface area (Å²) in [6, 6.07) is 7.44. The molecule has 1 unspecified atom stereocenters. The van der Waals surface area contributed by atoms with Gasteiger partial charge in [0.25, 0.3) is 5.91 Å². The Labute approximate surface area is 139 Å². The third-order valence-electron chi connectivity index (χ3n) is 3.84. The van der Waals surface area contributed by atoms with Gasteiger partial charge in [0.05, 0.1) is 24.6 Å². The summed E-state index contributed by atoms with van der Waals surface area (Å²) in [5.41, 5.74) is 1.18. The maximum absolute atomic E-state index is 12.1. The van der Waals surface area contributed by atoms with Crippen molar-refractivity contribution in [1.82, 2.24) is 26.1 Å². The highest BCUT2D eigenvalue weighted by Crippen LogP contribution is 2.14. The van der Waals surface area contributed by atoms with Crippen LogP contribution in [-0.2, 0) is 9.53 Å². The van der Waals surface area contributed by atoms with Gasteiger partial charge in [-0.3, -0.25) is 14.7 Å². The lowest BCUT2D eigenvalue weighted by Gasteiger charge is -2.23. The van der Waals surface area contributed by atoms with Gasteiger partial charge < -0.3 is 20.7 Å². The van der Waals surface area contributed by atoms with Gasteiger partial charge in [0.1, 0.15) is 0 Å². The Balaban J connectivity index is 1.40. The first-order valence-corrected chi connectivity index (χ1v) is 8.04. The molecule has 1 atom stereocenters. The number of H-pyrrole nitrogens is 1. The first-order chi connectivity index (χ1) is 11.7. The molecule has 1 fully saturated rings. The number of hydrogen-bond donors (Lipinski definition) is 4. The Hall–Kier alpha value is -2.45. The minimum Gasteiger partial charge on any atom is -0.375 e. The lowest BCUT2D eigenvalue weighted by molar-refractivity contribution is -0.124. The number of para-hydroxylation sites is 1. The number of ether oxygens (including phenoxy) is 1. The summed E-state index contributed by atoms with van der Waals surface area (Å²) in [5, 5.41) is 16.4. The number of fused-ring (bicyclic) bond motifs is 1. The summed E-state index contributed by atoms with van der Waals surface area (Å²) in [5.74, 6) is -0.343. The van der Waals surface area contributed by atoms with Gasteiger partial charge in [-0.15, -0.1) is 0 Å².